The normalized spacial score (nSPS) is 16.9. The molecular weight excluding hydrogens is 638 g/mol. The van der Waals surface area contributed by atoms with Gasteiger partial charge in [0.1, 0.15) is 19.7 Å². The van der Waals surface area contributed by atoms with Crippen LogP contribution in [-0.2, 0) is 24.8 Å². The fourth-order valence-corrected chi connectivity index (χ4v) is 4.50. The van der Waals surface area contributed by atoms with Gasteiger partial charge in [-0.15, -0.1) is 0 Å². The number of carbonyl (C=O) groups is 3. The largest absolute Gasteiger partial charge is 0.435 e. The summed E-state index contributed by atoms with van der Waals surface area (Å²) >= 11 is 11.4. The molecule has 17 heteroatoms. The van der Waals surface area contributed by atoms with Crippen LogP contribution in [0.1, 0.15) is 40.4 Å². The molecule has 0 bridgehead atoms. The van der Waals surface area contributed by atoms with E-state index in [9.17, 15) is 45.1 Å². The molecule has 1 heterocycles. The topological polar surface area (TPSA) is 97.3 Å². The number of imide groups is 1. The molecule has 0 aliphatic carbocycles. The molecule has 1 atom stereocenters. The highest BCUT2D eigenvalue weighted by Gasteiger charge is 2.62. The van der Waals surface area contributed by atoms with Gasteiger partial charge in [-0.1, -0.05) is 34.4 Å². The third-order valence-corrected chi connectivity index (χ3v) is 6.74. The molecule has 1 aliphatic heterocycles. The minimum Gasteiger partial charge on any atom is -0.374 e. The van der Waals surface area contributed by atoms with Crippen molar-refractivity contribution in [1.82, 2.24) is 10.2 Å². The van der Waals surface area contributed by atoms with E-state index in [1.807, 2.05) is 0 Å². The first-order valence-corrected chi connectivity index (χ1v) is 13.0. The Labute approximate surface area is 249 Å². The minimum absolute atomic E-state index is 0.0572. The van der Waals surface area contributed by atoms with Crippen LogP contribution < -0.4 is 5.32 Å². The van der Waals surface area contributed by atoms with Crippen LogP contribution in [0.5, 0.6) is 0 Å². The summed E-state index contributed by atoms with van der Waals surface area (Å²) in [6, 6.07) is 5.06. The average molecular weight is 660 g/mol. The summed E-state index contributed by atoms with van der Waals surface area (Å²) < 4.78 is 99.3. The van der Waals surface area contributed by atoms with Crippen LogP contribution in [0.3, 0.4) is 0 Å². The number of benzene rings is 2. The lowest BCUT2D eigenvalue weighted by Gasteiger charge is -2.29. The summed E-state index contributed by atoms with van der Waals surface area (Å²) in [6.07, 6.45) is -10.7. The van der Waals surface area contributed by atoms with E-state index < -0.39 is 83.2 Å². The van der Waals surface area contributed by atoms with E-state index in [-0.39, 0.29) is 29.0 Å². The summed E-state index contributed by atoms with van der Waals surface area (Å²) in [5, 5.41) is 3.81. The molecule has 0 saturated heterocycles. The number of amides is 3. The van der Waals surface area contributed by atoms with Crippen LogP contribution in [0.25, 0.3) is 0 Å². The average Bonchev–Trinajstić information content (AvgIpc) is 3.38. The van der Waals surface area contributed by atoms with Crippen LogP contribution in [0.2, 0.25) is 10.0 Å². The third-order valence-electron chi connectivity index (χ3n) is 6.19. The fraction of sp³-hybridized carbons (Fsp3) is 0.385. The molecule has 0 aromatic heterocycles. The molecule has 1 unspecified atom stereocenters. The molecule has 0 radical (unpaired) electrons. The van der Waals surface area contributed by atoms with Crippen LogP contribution in [0.4, 0.5) is 30.7 Å². The first-order valence-electron chi connectivity index (χ1n) is 12.2. The van der Waals surface area contributed by atoms with Gasteiger partial charge in [0.05, 0.1) is 15.8 Å². The number of nitrogens with zero attached hydrogens (tertiary/aromatic N) is 2. The van der Waals surface area contributed by atoms with Crippen LogP contribution in [-0.4, -0.2) is 67.0 Å². The van der Waals surface area contributed by atoms with E-state index in [0.717, 1.165) is 18.2 Å². The van der Waals surface area contributed by atoms with Gasteiger partial charge in [0.2, 0.25) is 5.91 Å². The van der Waals surface area contributed by atoms with Crippen molar-refractivity contribution in [1.29, 1.82) is 0 Å². The molecule has 2 aromatic rings. The highest BCUT2D eigenvalue weighted by atomic mass is 35.5. The monoisotopic (exact) mass is 659 g/mol. The Hall–Kier alpha value is -3.43. The highest BCUT2D eigenvalue weighted by molar-refractivity contribution is 6.35. The molecule has 8 nitrogen and oxygen atoms in total. The van der Waals surface area contributed by atoms with Crippen molar-refractivity contribution >= 4 is 46.6 Å². The summed E-state index contributed by atoms with van der Waals surface area (Å²) in [4.78, 5) is 43.2. The number of nitrogens with one attached hydrogen (secondary N) is 1. The third kappa shape index (κ3) is 7.75. The van der Waals surface area contributed by atoms with Gasteiger partial charge in [0.25, 0.3) is 17.4 Å². The zero-order valence-corrected chi connectivity index (χ0v) is 23.8. The molecule has 234 valence electrons. The van der Waals surface area contributed by atoms with Crippen molar-refractivity contribution in [3.63, 3.8) is 0 Å². The maximum absolute atomic E-state index is 14.3. The lowest BCUT2D eigenvalue weighted by molar-refractivity contribution is -0.275. The lowest BCUT2D eigenvalue weighted by atomic mass is 9.86. The number of hydrogen-bond donors (Lipinski definition) is 1. The predicted octanol–water partition coefficient (Wildman–Crippen LogP) is 5.71. The van der Waals surface area contributed by atoms with E-state index in [0.29, 0.717) is 4.90 Å². The van der Waals surface area contributed by atoms with E-state index >= 15 is 0 Å². The second-order valence-corrected chi connectivity index (χ2v) is 10.0. The second-order valence-electron chi connectivity index (χ2n) is 9.23. The number of carbonyl (C=O) groups excluding carboxylic acids is 3. The SMILES string of the molecule is CCOCC(=O)N(CC(=O)NCC(F)(F)F)C(=O)c1ccc(C2=NOC(c3cc(Cl)c(F)c(Cl)c3)(C(F)(F)F)C2)cc1C. The van der Waals surface area contributed by atoms with E-state index in [2.05, 4.69) is 5.16 Å². The maximum Gasteiger partial charge on any atom is 0.435 e. The Morgan fingerprint density at radius 3 is 2.26 bits per heavy atom. The Bertz CT molecular complexity index is 1430. The van der Waals surface area contributed by atoms with Gasteiger partial charge in [-0.3, -0.25) is 19.3 Å². The van der Waals surface area contributed by atoms with E-state index in [1.54, 1.807) is 12.2 Å². The number of halogens is 9. The zero-order valence-electron chi connectivity index (χ0n) is 22.3. The molecule has 3 rings (SSSR count). The van der Waals surface area contributed by atoms with Crippen LogP contribution in [0.15, 0.2) is 35.5 Å². The van der Waals surface area contributed by atoms with Gasteiger partial charge in [-0.2, -0.15) is 26.3 Å². The number of ether oxygens (including phenoxy) is 1. The van der Waals surface area contributed by atoms with Gasteiger partial charge >= 0.3 is 12.4 Å². The van der Waals surface area contributed by atoms with Gasteiger partial charge in [-0.25, -0.2) is 4.39 Å². The second kappa shape index (κ2) is 13.1. The quantitative estimate of drug-likeness (QED) is 0.275. The predicted molar refractivity (Wildman–Crippen MR) is 139 cm³/mol. The van der Waals surface area contributed by atoms with Crippen LogP contribution in [0, 0.1) is 12.7 Å². The molecule has 2 aromatic carbocycles. The molecule has 0 spiro atoms. The summed E-state index contributed by atoms with van der Waals surface area (Å²) in [7, 11) is 0. The fourth-order valence-electron chi connectivity index (χ4n) is 4.01. The van der Waals surface area contributed by atoms with Gasteiger partial charge in [0, 0.05) is 24.2 Å². The van der Waals surface area contributed by atoms with Gasteiger partial charge < -0.3 is 14.9 Å². The summed E-state index contributed by atoms with van der Waals surface area (Å²) in [5.41, 5.74) is -3.88. The number of rotatable bonds is 9. The van der Waals surface area contributed by atoms with Crippen molar-refractivity contribution in [2.75, 3.05) is 26.3 Å². The Balaban J connectivity index is 1.90. The highest BCUT2D eigenvalue weighted by Crippen LogP contribution is 2.50. The zero-order chi connectivity index (χ0) is 32.3. The first kappa shape index (κ1) is 34.1. The van der Waals surface area contributed by atoms with E-state index in [1.165, 1.54) is 19.1 Å². The molecule has 43 heavy (non-hydrogen) atoms. The smallest absolute Gasteiger partial charge is 0.374 e. The summed E-state index contributed by atoms with van der Waals surface area (Å²) in [5.74, 6) is -4.48. The molecule has 1 N–H and O–H groups in total. The molecule has 3 amide bonds. The van der Waals surface area contributed by atoms with Crippen molar-refractivity contribution in [2.24, 2.45) is 5.16 Å². The Morgan fingerprint density at radius 2 is 1.72 bits per heavy atom. The van der Waals surface area contributed by atoms with E-state index in [4.69, 9.17) is 32.8 Å². The van der Waals surface area contributed by atoms with Gasteiger partial charge in [0.15, 0.2) is 5.82 Å². The number of aryl methyl sites for hydroxylation is 1. The molecule has 0 fully saturated rings. The number of alkyl halides is 6. The Morgan fingerprint density at radius 1 is 1.09 bits per heavy atom. The lowest BCUT2D eigenvalue weighted by Crippen LogP contribution is -2.47. The van der Waals surface area contributed by atoms with Crippen molar-refractivity contribution in [3.8, 4) is 0 Å². The molecule has 1 aliphatic rings. The van der Waals surface area contributed by atoms with Crippen molar-refractivity contribution < 1.29 is 54.7 Å². The number of oxime groups is 1. The number of hydrogen-bond acceptors (Lipinski definition) is 6. The standard InChI is InChI=1S/C26H22Cl2F7N3O5/c1-3-42-11-21(40)38(10-20(39)36-12-25(30,31)32)23(41)16-5-4-14(6-13(16)2)19-9-24(43-37-19,26(33,34)35)15-7-17(27)22(29)18(28)8-15/h4-8H,3,9-12H2,1-2H3,(H,36,39). The molecule has 0 saturated carbocycles. The summed E-state index contributed by atoms with van der Waals surface area (Å²) in [6.45, 7) is -0.432. The van der Waals surface area contributed by atoms with Crippen molar-refractivity contribution in [2.45, 2.75) is 38.2 Å². The minimum atomic E-state index is -5.07. The molecular formula is C26H22Cl2F7N3O5. The van der Waals surface area contributed by atoms with Gasteiger partial charge in [-0.05, 0) is 49.2 Å². The van der Waals surface area contributed by atoms with Crippen LogP contribution >= 0.6 is 23.2 Å². The van der Waals surface area contributed by atoms with Crippen molar-refractivity contribution in [3.05, 3.63) is 68.4 Å². The maximum atomic E-state index is 14.3. The first-order chi connectivity index (χ1) is 19.9. The Kier molecular flexibility index (Phi) is 10.3.